The largest absolute Gasteiger partial charge is 0.467 e. The fourth-order valence-corrected chi connectivity index (χ4v) is 4.51. The number of nitrogens with one attached hydrogen (secondary N) is 3. The third-order valence-corrected chi connectivity index (χ3v) is 5.85. The van der Waals surface area contributed by atoms with E-state index in [1.165, 1.54) is 7.11 Å². The van der Waals surface area contributed by atoms with Crippen LogP contribution in [0, 0.1) is 0 Å². The van der Waals surface area contributed by atoms with Gasteiger partial charge in [-0.3, -0.25) is 9.80 Å². The van der Waals surface area contributed by atoms with Gasteiger partial charge in [0.15, 0.2) is 0 Å². The molecular weight excluding hydrogens is 406 g/mol. The van der Waals surface area contributed by atoms with Crippen LogP contribution in [0.2, 0.25) is 0 Å². The van der Waals surface area contributed by atoms with Crippen LogP contribution in [0.25, 0.3) is 10.9 Å². The highest BCUT2D eigenvalue weighted by Crippen LogP contribution is 2.30. The van der Waals surface area contributed by atoms with Crippen molar-refractivity contribution in [2.24, 2.45) is 0 Å². The van der Waals surface area contributed by atoms with Gasteiger partial charge in [0.1, 0.15) is 0 Å². The molecule has 2 atom stereocenters. The Morgan fingerprint density at radius 2 is 2.06 bits per heavy atom. The van der Waals surface area contributed by atoms with Gasteiger partial charge in [-0.05, 0) is 44.2 Å². The normalized spacial score (nSPS) is 22.5. The van der Waals surface area contributed by atoms with Crippen molar-refractivity contribution in [2.45, 2.75) is 25.9 Å². The number of allylic oxidation sites excluding steroid dienone is 2. The van der Waals surface area contributed by atoms with Gasteiger partial charge >= 0.3 is 6.01 Å². The third kappa shape index (κ3) is 3.80. The van der Waals surface area contributed by atoms with Crippen molar-refractivity contribution >= 4 is 22.5 Å². The minimum absolute atomic E-state index is 0.222. The minimum Gasteiger partial charge on any atom is -0.467 e. The van der Waals surface area contributed by atoms with Gasteiger partial charge in [-0.1, -0.05) is 0 Å². The Labute approximate surface area is 186 Å². The molecule has 3 aliphatic rings. The SMILES string of the molecule is COc1ncc2c(N3C[C@@H](C)N[C@H](C)C3)ccc(C(=O)NC3=CC4=CCNN4C=C3)c2n1. The first-order valence-corrected chi connectivity index (χ1v) is 10.8. The molecule has 0 spiro atoms. The number of ether oxygens (including phenoxy) is 1. The van der Waals surface area contributed by atoms with E-state index in [1.54, 1.807) is 6.20 Å². The molecule has 3 aliphatic heterocycles. The first-order chi connectivity index (χ1) is 15.5. The smallest absolute Gasteiger partial charge is 0.316 e. The van der Waals surface area contributed by atoms with Crippen LogP contribution >= 0.6 is 0 Å². The van der Waals surface area contributed by atoms with Gasteiger partial charge in [0.05, 0.1) is 23.9 Å². The molecular formula is C23H27N7O2. The van der Waals surface area contributed by atoms with Crippen LogP contribution in [0.5, 0.6) is 6.01 Å². The lowest BCUT2D eigenvalue weighted by Gasteiger charge is -2.38. The average molecular weight is 434 g/mol. The summed E-state index contributed by atoms with van der Waals surface area (Å²) in [6, 6.07) is 4.79. The molecule has 0 bridgehead atoms. The van der Waals surface area contributed by atoms with Gasteiger partial charge in [-0.15, -0.1) is 0 Å². The predicted octanol–water partition coefficient (Wildman–Crippen LogP) is 1.67. The number of benzene rings is 1. The molecule has 4 heterocycles. The number of fused-ring (bicyclic) bond motifs is 2. The topological polar surface area (TPSA) is 94.6 Å². The summed E-state index contributed by atoms with van der Waals surface area (Å²) in [5.74, 6) is -0.222. The average Bonchev–Trinajstić information content (AvgIpc) is 3.25. The van der Waals surface area contributed by atoms with Crippen molar-refractivity contribution in [3.05, 3.63) is 59.7 Å². The summed E-state index contributed by atoms with van der Waals surface area (Å²) in [6.07, 6.45) is 9.51. The van der Waals surface area contributed by atoms with Crippen molar-refractivity contribution in [1.82, 2.24) is 31.0 Å². The molecule has 0 unspecified atom stereocenters. The lowest BCUT2D eigenvalue weighted by molar-refractivity contribution is 0.0968. The number of aromatic nitrogens is 2. The monoisotopic (exact) mass is 433 g/mol. The predicted molar refractivity (Wildman–Crippen MR) is 123 cm³/mol. The number of rotatable bonds is 4. The maximum Gasteiger partial charge on any atom is 0.316 e. The second-order valence-electron chi connectivity index (χ2n) is 8.36. The standard InChI is InChI=1S/C23H27N7O2/c1-14-12-29(13-15(2)26-14)20-5-4-18(21-19(20)11-24-23(28-21)32-3)22(31)27-16-7-9-30-17(10-16)6-8-25-30/h4-7,9-11,14-15,25-26H,8,12-13H2,1-3H3,(H,27,31)/t14-,15-/m1/s1. The first-order valence-electron chi connectivity index (χ1n) is 10.8. The van der Waals surface area contributed by atoms with Gasteiger partial charge in [0.2, 0.25) is 0 Å². The highest BCUT2D eigenvalue weighted by Gasteiger charge is 2.25. The van der Waals surface area contributed by atoms with Crippen LogP contribution in [-0.4, -0.2) is 59.7 Å². The number of carbonyl (C=O) groups excluding carboxylic acids is 1. The number of hydrogen-bond acceptors (Lipinski definition) is 8. The van der Waals surface area contributed by atoms with Crippen molar-refractivity contribution in [3.63, 3.8) is 0 Å². The molecule has 1 amide bonds. The zero-order chi connectivity index (χ0) is 22.2. The van der Waals surface area contributed by atoms with E-state index < -0.39 is 0 Å². The van der Waals surface area contributed by atoms with Gasteiger partial charge in [0, 0.05) is 60.9 Å². The Balaban J connectivity index is 1.50. The highest BCUT2D eigenvalue weighted by atomic mass is 16.5. The summed E-state index contributed by atoms with van der Waals surface area (Å²) in [4.78, 5) is 24.4. The second kappa shape index (κ2) is 8.25. The molecule has 9 heteroatoms. The van der Waals surface area contributed by atoms with Crippen LogP contribution in [0.4, 0.5) is 5.69 Å². The summed E-state index contributed by atoms with van der Waals surface area (Å²) in [7, 11) is 1.52. The van der Waals surface area contributed by atoms with Gasteiger partial charge in [-0.2, -0.15) is 4.98 Å². The number of piperazine rings is 1. The highest BCUT2D eigenvalue weighted by molar-refractivity contribution is 6.09. The van der Waals surface area contributed by atoms with E-state index in [-0.39, 0.29) is 11.9 Å². The zero-order valence-corrected chi connectivity index (χ0v) is 18.4. The molecule has 1 fully saturated rings. The Hall–Kier alpha value is -3.43. The van der Waals surface area contributed by atoms with Crippen LogP contribution in [0.15, 0.2) is 54.2 Å². The maximum atomic E-state index is 13.3. The number of carbonyl (C=O) groups is 1. The molecule has 0 radical (unpaired) electrons. The Morgan fingerprint density at radius 1 is 1.25 bits per heavy atom. The molecule has 2 aromatic rings. The van der Waals surface area contributed by atoms with Crippen molar-refractivity contribution < 1.29 is 9.53 Å². The fraction of sp³-hybridized carbons (Fsp3) is 0.348. The number of hydrazine groups is 1. The number of nitrogens with zero attached hydrogens (tertiary/aromatic N) is 4. The lowest BCUT2D eigenvalue weighted by Crippen LogP contribution is -2.54. The summed E-state index contributed by atoms with van der Waals surface area (Å²) < 4.78 is 5.25. The van der Waals surface area contributed by atoms with Crippen LogP contribution in [0.1, 0.15) is 24.2 Å². The van der Waals surface area contributed by atoms with Gasteiger partial charge < -0.3 is 20.3 Å². The number of methoxy groups -OCH3 is 1. The van der Waals surface area contributed by atoms with Gasteiger partial charge in [-0.25, -0.2) is 10.4 Å². The van der Waals surface area contributed by atoms with Crippen LogP contribution in [-0.2, 0) is 0 Å². The van der Waals surface area contributed by atoms with Crippen molar-refractivity contribution in [2.75, 3.05) is 31.6 Å². The molecule has 0 saturated carbocycles. The molecule has 9 nitrogen and oxygen atoms in total. The van der Waals surface area contributed by atoms with Crippen molar-refractivity contribution in [1.29, 1.82) is 0 Å². The molecule has 1 aromatic heterocycles. The Kier molecular flexibility index (Phi) is 5.28. The molecule has 1 aromatic carbocycles. The van der Waals surface area contributed by atoms with Crippen LogP contribution < -0.4 is 25.7 Å². The summed E-state index contributed by atoms with van der Waals surface area (Å²) in [6.45, 7) is 6.86. The van der Waals surface area contributed by atoms with Gasteiger partial charge in [0.25, 0.3) is 5.91 Å². The van der Waals surface area contributed by atoms with Crippen LogP contribution in [0.3, 0.4) is 0 Å². The number of hydrogen-bond donors (Lipinski definition) is 3. The second-order valence-corrected chi connectivity index (χ2v) is 8.36. The van der Waals surface area contributed by atoms with E-state index >= 15 is 0 Å². The summed E-state index contributed by atoms with van der Waals surface area (Å²) in [5.41, 5.74) is 7.02. The summed E-state index contributed by atoms with van der Waals surface area (Å²) in [5, 5.41) is 9.32. The van der Waals surface area contributed by atoms with E-state index in [2.05, 4.69) is 50.9 Å². The molecule has 0 aliphatic carbocycles. The minimum atomic E-state index is -0.222. The molecule has 5 rings (SSSR count). The maximum absolute atomic E-state index is 13.3. The van der Waals surface area contributed by atoms with E-state index in [0.29, 0.717) is 23.2 Å². The van der Waals surface area contributed by atoms with E-state index in [9.17, 15) is 4.79 Å². The quantitative estimate of drug-likeness (QED) is 0.671. The van der Waals surface area contributed by atoms with Crippen molar-refractivity contribution in [3.8, 4) is 6.01 Å². The third-order valence-electron chi connectivity index (χ3n) is 5.85. The van der Waals surface area contributed by atoms with E-state index in [0.717, 1.165) is 42.1 Å². The summed E-state index contributed by atoms with van der Waals surface area (Å²) >= 11 is 0. The number of anilines is 1. The first kappa shape index (κ1) is 20.5. The zero-order valence-electron chi connectivity index (χ0n) is 18.4. The molecule has 166 valence electrons. The number of amides is 1. The Morgan fingerprint density at radius 3 is 2.84 bits per heavy atom. The molecule has 32 heavy (non-hydrogen) atoms. The lowest BCUT2D eigenvalue weighted by atomic mass is 10.0. The Bertz CT molecular complexity index is 1150. The fourth-order valence-electron chi connectivity index (χ4n) is 4.51. The van der Waals surface area contributed by atoms with E-state index in [1.807, 2.05) is 35.5 Å². The van der Waals surface area contributed by atoms with E-state index in [4.69, 9.17) is 4.74 Å². The molecule has 1 saturated heterocycles. The molecule has 3 N–H and O–H groups in total.